The van der Waals surface area contributed by atoms with Gasteiger partial charge in [-0.2, -0.15) is 0 Å². The summed E-state index contributed by atoms with van der Waals surface area (Å²) in [6, 6.07) is 8.38. The average Bonchev–Trinajstić information content (AvgIpc) is 2.74. The molecule has 3 rings (SSSR count). The lowest BCUT2D eigenvalue weighted by atomic mass is 9.90. The van der Waals surface area contributed by atoms with Crippen molar-refractivity contribution in [3.05, 3.63) is 41.2 Å². The summed E-state index contributed by atoms with van der Waals surface area (Å²) in [5.74, 6) is 0.972. The smallest absolute Gasteiger partial charge is 0.142 e. The van der Waals surface area contributed by atoms with Gasteiger partial charge in [0.1, 0.15) is 11.5 Å². The van der Waals surface area contributed by atoms with Crippen LogP contribution < -0.4 is 5.73 Å². The molecule has 1 aliphatic carbocycles. The number of benzene rings is 1. The average molecular weight is 228 g/mol. The van der Waals surface area contributed by atoms with Crippen molar-refractivity contribution in [3.63, 3.8) is 0 Å². The van der Waals surface area contributed by atoms with Crippen LogP contribution in [0.15, 0.2) is 28.8 Å². The Morgan fingerprint density at radius 1 is 1.41 bits per heavy atom. The van der Waals surface area contributed by atoms with Crippen LogP contribution in [0.5, 0.6) is 0 Å². The Morgan fingerprint density at radius 3 is 3.12 bits per heavy atom. The van der Waals surface area contributed by atoms with E-state index >= 15 is 0 Å². The van der Waals surface area contributed by atoms with Crippen molar-refractivity contribution in [3.8, 4) is 11.3 Å². The molecule has 0 fully saturated rings. The minimum Gasteiger partial charge on any atom is -0.360 e. The molecule has 2 aromatic rings. The fraction of sp³-hybridized carbons (Fsp3) is 0.357. The van der Waals surface area contributed by atoms with Crippen molar-refractivity contribution in [2.45, 2.75) is 32.2 Å². The van der Waals surface area contributed by atoms with Crippen molar-refractivity contribution >= 4 is 0 Å². The molecule has 0 radical (unpaired) electrons. The molecule has 17 heavy (non-hydrogen) atoms. The van der Waals surface area contributed by atoms with Gasteiger partial charge >= 0.3 is 0 Å². The molecule has 0 spiro atoms. The predicted octanol–water partition coefficient (Wildman–Crippen LogP) is 2.99. The maximum absolute atomic E-state index is 6.17. The van der Waals surface area contributed by atoms with Gasteiger partial charge in [-0.05, 0) is 25.8 Å². The zero-order valence-electron chi connectivity index (χ0n) is 9.94. The lowest BCUT2D eigenvalue weighted by Gasteiger charge is -2.17. The molecule has 0 saturated heterocycles. The number of fused-ring (bicyclic) bond motifs is 1. The summed E-state index contributed by atoms with van der Waals surface area (Å²) in [4.78, 5) is 0. The van der Waals surface area contributed by atoms with Gasteiger partial charge in [0, 0.05) is 23.6 Å². The fourth-order valence-electron chi connectivity index (χ4n) is 2.52. The molecule has 3 heteroatoms. The number of nitrogens with zero attached hydrogens (tertiary/aromatic N) is 1. The molecule has 1 aliphatic rings. The topological polar surface area (TPSA) is 52.0 Å². The molecule has 3 nitrogen and oxygen atoms in total. The van der Waals surface area contributed by atoms with Crippen LogP contribution in [0.25, 0.3) is 11.3 Å². The van der Waals surface area contributed by atoms with E-state index in [2.05, 4.69) is 30.3 Å². The van der Waals surface area contributed by atoms with Crippen LogP contribution in [-0.4, -0.2) is 5.16 Å². The Labute approximate surface area is 101 Å². The van der Waals surface area contributed by atoms with Crippen LogP contribution in [0.4, 0.5) is 0 Å². The normalized spacial score (nSPS) is 19.1. The summed E-state index contributed by atoms with van der Waals surface area (Å²) >= 11 is 0. The third-order valence-electron chi connectivity index (χ3n) is 3.38. The van der Waals surface area contributed by atoms with E-state index < -0.39 is 0 Å². The quantitative estimate of drug-likeness (QED) is 0.816. The van der Waals surface area contributed by atoms with Gasteiger partial charge in [-0.15, -0.1) is 0 Å². The van der Waals surface area contributed by atoms with E-state index in [1.54, 1.807) is 0 Å². The maximum Gasteiger partial charge on any atom is 0.142 e. The molecule has 1 atom stereocenters. The second-order valence-corrected chi connectivity index (χ2v) is 4.74. The highest BCUT2D eigenvalue weighted by Gasteiger charge is 2.26. The number of aryl methyl sites for hydroxylation is 2. The third kappa shape index (κ3) is 1.76. The summed E-state index contributed by atoms with van der Waals surface area (Å²) in [7, 11) is 0. The van der Waals surface area contributed by atoms with Crippen molar-refractivity contribution in [2.75, 3.05) is 0 Å². The predicted molar refractivity (Wildman–Crippen MR) is 66.5 cm³/mol. The van der Waals surface area contributed by atoms with Gasteiger partial charge in [-0.25, -0.2) is 0 Å². The molecular weight excluding hydrogens is 212 g/mol. The first-order valence-electron chi connectivity index (χ1n) is 6.07. The van der Waals surface area contributed by atoms with Crippen LogP contribution in [0.1, 0.15) is 35.8 Å². The maximum atomic E-state index is 6.17. The molecule has 1 unspecified atom stereocenters. The summed E-state index contributed by atoms with van der Waals surface area (Å²) < 4.78 is 5.42. The highest BCUT2D eigenvalue weighted by Crippen LogP contribution is 2.35. The van der Waals surface area contributed by atoms with Gasteiger partial charge in [-0.1, -0.05) is 28.9 Å². The summed E-state index contributed by atoms with van der Waals surface area (Å²) in [5.41, 5.74) is 10.5. The molecule has 2 N–H and O–H groups in total. The molecule has 1 aromatic carbocycles. The molecule has 88 valence electrons. The number of hydrogen-bond acceptors (Lipinski definition) is 3. The van der Waals surface area contributed by atoms with E-state index in [-0.39, 0.29) is 6.04 Å². The van der Waals surface area contributed by atoms with Gasteiger partial charge in [-0.3, -0.25) is 0 Å². The van der Waals surface area contributed by atoms with Crippen molar-refractivity contribution in [1.82, 2.24) is 5.16 Å². The number of nitrogens with two attached hydrogens (primary N) is 1. The zero-order chi connectivity index (χ0) is 11.8. The monoisotopic (exact) mass is 228 g/mol. The number of aromatic nitrogens is 1. The minimum atomic E-state index is 0.0699. The fourth-order valence-corrected chi connectivity index (χ4v) is 2.52. The van der Waals surface area contributed by atoms with Crippen LogP contribution in [0.3, 0.4) is 0 Å². The molecule has 0 bridgehead atoms. The summed E-state index contributed by atoms with van der Waals surface area (Å²) in [6.07, 6.45) is 3.07. The Kier molecular flexibility index (Phi) is 2.48. The largest absolute Gasteiger partial charge is 0.360 e. The SMILES string of the molecule is Cc1cccc(-c2noc3c2C(N)CCC3)c1. The summed E-state index contributed by atoms with van der Waals surface area (Å²) in [6.45, 7) is 2.08. The highest BCUT2D eigenvalue weighted by molar-refractivity contribution is 5.65. The Morgan fingerprint density at radius 2 is 2.29 bits per heavy atom. The standard InChI is InChI=1S/C14H16N2O/c1-9-4-2-5-10(8-9)14-13-11(15)6-3-7-12(13)17-16-14/h2,4-5,8,11H,3,6-7,15H2,1H3. The molecule has 1 aromatic heterocycles. The second kappa shape index (κ2) is 4.00. The van der Waals surface area contributed by atoms with Crippen molar-refractivity contribution in [2.24, 2.45) is 5.73 Å². The first kappa shape index (κ1) is 10.5. The van der Waals surface area contributed by atoms with E-state index in [0.29, 0.717) is 0 Å². The van der Waals surface area contributed by atoms with E-state index in [4.69, 9.17) is 10.3 Å². The molecule has 0 amide bonds. The van der Waals surface area contributed by atoms with Gasteiger partial charge in [0.25, 0.3) is 0 Å². The van der Waals surface area contributed by atoms with Crippen molar-refractivity contribution < 1.29 is 4.52 Å². The number of hydrogen-bond donors (Lipinski definition) is 1. The van der Waals surface area contributed by atoms with Crippen LogP contribution in [-0.2, 0) is 6.42 Å². The van der Waals surface area contributed by atoms with Gasteiger partial charge in [0.05, 0.1) is 0 Å². The highest BCUT2D eigenvalue weighted by atomic mass is 16.5. The Balaban J connectivity index is 2.13. The minimum absolute atomic E-state index is 0.0699. The molecule has 0 aliphatic heterocycles. The van der Waals surface area contributed by atoms with E-state index in [1.807, 2.05) is 6.07 Å². The van der Waals surface area contributed by atoms with Crippen molar-refractivity contribution in [1.29, 1.82) is 0 Å². The molecule has 0 saturated carbocycles. The third-order valence-corrected chi connectivity index (χ3v) is 3.38. The van der Waals surface area contributed by atoms with E-state index in [0.717, 1.165) is 41.8 Å². The van der Waals surface area contributed by atoms with E-state index in [1.165, 1.54) is 5.56 Å². The van der Waals surface area contributed by atoms with Crippen LogP contribution in [0.2, 0.25) is 0 Å². The van der Waals surface area contributed by atoms with Crippen LogP contribution >= 0.6 is 0 Å². The Bertz CT molecular complexity index is 545. The van der Waals surface area contributed by atoms with Gasteiger partial charge < -0.3 is 10.3 Å². The van der Waals surface area contributed by atoms with Crippen LogP contribution in [0, 0.1) is 6.92 Å². The first-order chi connectivity index (χ1) is 8.25. The first-order valence-corrected chi connectivity index (χ1v) is 6.07. The zero-order valence-corrected chi connectivity index (χ0v) is 9.94. The van der Waals surface area contributed by atoms with E-state index in [9.17, 15) is 0 Å². The number of rotatable bonds is 1. The summed E-state index contributed by atoms with van der Waals surface area (Å²) in [5, 5.41) is 4.20. The second-order valence-electron chi connectivity index (χ2n) is 4.74. The molecule has 1 heterocycles. The van der Waals surface area contributed by atoms with Gasteiger partial charge in [0.2, 0.25) is 0 Å². The molecular formula is C14H16N2O. The Hall–Kier alpha value is -1.61. The lowest BCUT2D eigenvalue weighted by Crippen LogP contribution is -2.16. The van der Waals surface area contributed by atoms with Gasteiger partial charge in [0.15, 0.2) is 0 Å². The lowest BCUT2D eigenvalue weighted by molar-refractivity contribution is 0.366.